The van der Waals surface area contributed by atoms with Gasteiger partial charge < -0.3 is 4.90 Å². The van der Waals surface area contributed by atoms with Crippen LogP contribution in [0.4, 0.5) is 17.1 Å². The van der Waals surface area contributed by atoms with Crippen LogP contribution in [0.3, 0.4) is 0 Å². The van der Waals surface area contributed by atoms with Crippen LogP contribution < -0.4 is 4.90 Å². The Morgan fingerprint density at radius 3 is 1.35 bits per heavy atom. The van der Waals surface area contributed by atoms with Gasteiger partial charge in [-0.05, 0) is 114 Å². The fourth-order valence-corrected chi connectivity index (χ4v) is 9.35. The van der Waals surface area contributed by atoms with Gasteiger partial charge >= 0.3 is 0 Å². The van der Waals surface area contributed by atoms with Gasteiger partial charge in [-0.1, -0.05) is 170 Å². The highest BCUT2D eigenvalue weighted by Crippen LogP contribution is 2.64. The van der Waals surface area contributed by atoms with Crippen molar-refractivity contribution < 1.29 is 0 Å². The lowest BCUT2D eigenvalue weighted by atomic mass is 9.70. The highest BCUT2D eigenvalue weighted by atomic mass is 15.1. The molecule has 0 saturated carbocycles. The fraction of sp³-hybridized carbons (Fsp3) is 0.0189. The van der Waals surface area contributed by atoms with Crippen LogP contribution >= 0.6 is 0 Å². The molecule has 0 fully saturated rings. The maximum Gasteiger partial charge on any atom is 0.0726 e. The third-order valence-electron chi connectivity index (χ3n) is 11.7. The zero-order valence-corrected chi connectivity index (χ0v) is 29.7. The number of nitrogens with zero attached hydrogens (tertiary/aromatic N) is 1. The number of hydrogen-bond donors (Lipinski definition) is 0. The van der Waals surface area contributed by atoms with Gasteiger partial charge in [-0.15, -0.1) is 0 Å². The van der Waals surface area contributed by atoms with Crippen LogP contribution in [0.25, 0.3) is 55.3 Å². The van der Waals surface area contributed by atoms with Gasteiger partial charge in [0.2, 0.25) is 0 Å². The molecule has 0 N–H and O–H groups in total. The molecule has 0 heterocycles. The predicted molar refractivity (Wildman–Crippen MR) is 226 cm³/mol. The van der Waals surface area contributed by atoms with E-state index in [1.165, 1.54) is 83.2 Å². The molecule has 0 saturated heterocycles. The van der Waals surface area contributed by atoms with E-state index in [0.717, 1.165) is 11.4 Å². The van der Waals surface area contributed by atoms with Crippen LogP contribution in [0.15, 0.2) is 212 Å². The molecular weight excluding hydrogens is 651 g/mol. The predicted octanol–water partition coefficient (Wildman–Crippen LogP) is 14.0. The van der Waals surface area contributed by atoms with E-state index in [1.54, 1.807) is 0 Å². The first-order valence-corrected chi connectivity index (χ1v) is 18.8. The van der Waals surface area contributed by atoms with Crippen molar-refractivity contribution in [1.82, 2.24) is 0 Å². The summed E-state index contributed by atoms with van der Waals surface area (Å²) in [5.41, 5.74) is 18.5. The van der Waals surface area contributed by atoms with Crippen molar-refractivity contribution in [3.63, 3.8) is 0 Å². The second kappa shape index (κ2) is 12.0. The number of benzene rings is 9. The van der Waals surface area contributed by atoms with Crippen LogP contribution in [0.1, 0.15) is 22.3 Å². The van der Waals surface area contributed by atoms with Crippen molar-refractivity contribution >= 4 is 27.8 Å². The third kappa shape index (κ3) is 4.45. The van der Waals surface area contributed by atoms with Gasteiger partial charge in [0.25, 0.3) is 0 Å². The van der Waals surface area contributed by atoms with E-state index in [0.29, 0.717) is 0 Å². The Morgan fingerprint density at radius 1 is 0.296 bits per heavy atom. The fourth-order valence-electron chi connectivity index (χ4n) is 9.35. The zero-order valence-electron chi connectivity index (χ0n) is 29.7. The molecule has 2 aliphatic carbocycles. The van der Waals surface area contributed by atoms with Crippen LogP contribution in [0.2, 0.25) is 0 Å². The van der Waals surface area contributed by atoms with Crippen LogP contribution in [-0.4, -0.2) is 0 Å². The minimum atomic E-state index is -0.390. The highest BCUT2D eigenvalue weighted by molar-refractivity contribution is 6.01. The number of hydrogen-bond acceptors (Lipinski definition) is 1. The Bertz CT molecular complexity index is 2820. The third-order valence-corrected chi connectivity index (χ3v) is 11.7. The van der Waals surface area contributed by atoms with Crippen molar-refractivity contribution in [1.29, 1.82) is 0 Å². The standard InChI is InChI=1S/C53H35N/c1-3-14-36(15-4-1)38-26-28-41-35-39(27-29-40(41)34-38)37-30-32-43(33-31-37)54(42-16-5-2-6-17-42)51-25-13-24-50-52(51)46-20-9-12-23-49(46)53(50)47-21-10-7-18-44(47)45-19-8-11-22-48(45)53/h1-35H. The smallest absolute Gasteiger partial charge is 0.0726 e. The maximum atomic E-state index is 2.44. The minimum absolute atomic E-state index is 0.390. The lowest BCUT2D eigenvalue weighted by molar-refractivity contribution is 0.794. The van der Waals surface area contributed by atoms with Gasteiger partial charge in [0.15, 0.2) is 0 Å². The van der Waals surface area contributed by atoms with E-state index in [-0.39, 0.29) is 5.41 Å². The van der Waals surface area contributed by atoms with Gasteiger partial charge in [-0.3, -0.25) is 0 Å². The molecule has 1 nitrogen and oxygen atoms in total. The Labute approximate surface area is 316 Å². The summed E-state index contributed by atoms with van der Waals surface area (Å²) in [5.74, 6) is 0. The van der Waals surface area contributed by atoms with Crippen molar-refractivity contribution in [3.05, 3.63) is 235 Å². The van der Waals surface area contributed by atoms with E-state index in [4.69, 9.17) is 0 Å². The number of para-hydroxylation sites is 1. The number of rotatable bonds is 5. The summed E-state index contributed by atoms with van der Waals surface area (Å²) < 4.78 is 0. The van der Waals surface area contributed by atoms with E-state index in [2.05, 4.69) is 217 Å². The molecule has 1 spiro atoms. The molecule has 0 unspecified atom stereocenters. The van der Waals surface area contributed by atoms with Crippen molar-refractivity contribution in [2.24, 2.45) is 0 Å². The summed E-state index contributed by atoms with van der Waals surface area (Å²) in [6.45, 7) is 0. The van der Waals surface area contributed by atoms with Crippen LogP contribution in [-0.2, 0) is 5.41 Å². The normalized spacial score (nSPS) is 13.0. The van der Waals surface area contributed by atoms with E-state index < -0.39 is 0 Å². The Morgan fingerprint density at radius 2 is 0.741 bits per heavy atom. The minimum Gasteiger partial charge on any atom is -0.310 e. The average molecular weight is 686 g/mol. The molecule has 9 aromatic carbocycles. The zero-order chi connectivity index (χ0) is 35.6. The summed E-state index contributed by atoms with van der Waals surface area (Å²) in [7, 11) is 0. The maximum absolute atomic E-state index is 2.44. The Hall–Kier alpha value is -6.96. The molecule has 0 amide bonds. The molecule has 54 heavy (non-hydrogen) atoms. The highest BCUT2D eigenvalue weighted by Gasteiger charge is 2.52. The SMILES string of the molecule is c1ccc(-c2ccc3cc(-c4ccc(N(c5ccccc5)c5cccc6c5-c5ccccc5C65c6ccccc6-c6ccccc65)cc4)ccc3c2)cc1. The van der Waals surface area contributed by atoms with Crippen LogP contribution in [0.5, 0.6) is 0 Å². The first-order valence-electron chi connectivity index (χ1n) is 18.8. The first-order chi connectivity index (χ1) is 26.8. The van der Waals surface area contributed by atoms with Gasteiger partial charge in [0.1, 0.15) is 0 Å². The van der Waals surface area contributed by atoms with Crippen LogP contribution in [0, 0.1) is 0 Å². The Kier molecular flexibility index (Phi) is 6.84. The summed E-state index contributed by atoms with van der Waals surface area (Å²) >= 11 is 0. The lowest BCUT2D eigenvalue weighted by Gasteiger charge is -2.31. The Balaban J connectivity index is 1.05. The number of anilines is 3. The molecular formula is C53H35N. The van der Waals surface area contributed by atoms with Gasteiger partial charge in [-0.25, -0.2) is 0 Å². The summed E-state index contributed by atoms with van der Waals surface area (Å²) in [6, 6.07) is 78.1. The monoisotopic (exact) mass is 685 g/mol. The molecule has 252 valence electrons. The van der Waals surface area contributed by atoms with E-state index >= 15 is 0 Å². The molecule has 0 atom stereocenters. The first kappa shape index (κ1) is 30.6. The van der Waals surface area contributed by atoms with Crippen molar-refractivity contribution in [3.8, 4) is 44.5 Å². The van der Waals surface area contributed by atoms with Gasteiger partial charge in [-0.2, -0.15) is 0 Å². The largest absolute Gasteiger partial charge is 0.310 e. The molecule has 2 aliphatic rings. The molecule has 9 aromatic rings. The number of fused-ring (bicyclic) bond motifs is 11. The quantitative estimate of drug-likeness (QED) is 0.174. The summed E-state index contributed by atoms with van der Waals surface area (Å²) in [5, 5.41) is 2.49. The van der Waals surface area contributed by atoms with Gasteiger partial charge in [0, 0.05) is 16.9 Å². The molecule has 0 aromatic heterocycles. The molecule has 0 radical (unpaired) electrons. The van der Waals surface area contributed by atoms with Gasteiger partial charge in [0.05, 0.1) is 11.1 Å². The van der Waals surface area contributed by atoms with Crippen molar-refractivity contribution in [2.75, 3.05) is 4.90 Å². The second-order valence-electron chi connectivity index (χ2n) is 14.4. The molecule has 11 rings (SSSR count). The van der Waals surface area contributed by atoms with Crippen molar-refractivity contribution in [2.45, 2.75) is 5.41 Å². The summed E-state index contributed by atoms with van der Waals surface area (Å²) in [4.78, 5) is 2.44. The molecule has 1 heteroatoms. The lowest BCUT2D eigenvalue weighted by Crippen LogP contribution is -2.26. The molecule has 0 bridgehead atoms. The average Bonchev–Trinajstić information content (AvgIpc) is 3.72. The molecule has 0 aliphatic heterocycles. The van der Waals surface area contributed by atoms with E-state index in [9.17, 15) is 0 Å². The summed E-state index contributed by atoms with van der Waals surface area (Å²) in [6.07, 6.45) is 0. The van der Waals surface area contributed by atoms with E-state index in [1.807, 2.05) is 0 Å². The topological polar surface area (TPSA) is 3.24 Å². The second-order valence-corrected chi connectivity index (χ2v) is 14.4.